The van der Waals surface area contributed by atoms with Crippen LogP contribution in [0.2, 0.25) is 10.3 Å². The van der Waals surface area contributed by atoms with E-state index in [1.807, 2.05) is 0 Å². The average Bonchev–Trinajstić information content (AvgIpc) is 3.28. The van der Waals surface area contributed by atoms with Crippen molar-refractivity contribution in [2.75, 3.05) is 5.32 Å². The first-order chi connectivity index (χ1) is 9.98. The van der Waals surface area contributed by atoms with Gasteiger partial charge in [0.25, 0.3) is 0 Å². The summed E-state index contributed by atoms with van der Waals surface area (Å²) >= 11 is 11.7. The van der Waals surface area contributed by atoms with Crippen LogP contribution in [-0.2, 0) is 9.84 Å². The van der Waals surface area contributed by atoms with E-state index < -0.39 is 9.84 Å². The van der Waals surface area contributed by atoms with Crippen LogP contribution in [0.1, 0.15) is 12.8 Å². The lowest BCUT2D eigenvalue weighted by Crippen LogP contribution is -2.12. The average molecular weight is 345 g/mol. The molecule has 3 rings (SSSR count). The summed E-state index contributed by atoms with van der Waals surface area (Å²) in [6.07, 6.45) is 4.11. The molecule has 6 nitrogen and oxygen atoms in total. The van der Waals surface area contributed by atoms with Crippen LogP contribution in [0.5, 0.6) is 0 Å². The molecule has 0 aliphatic heterocycles. The third-order valence-electron chi connectivity index (χ3n) is 2.97. The quantitative estimate of drug-likeness (QED) is 0.858. The van der Waals surface area contributed by atoms with Gasteiger partial charge in [-0.2, -0.15) is 4.98 Å². The van der Waals surface area contributed by atoms with Gasteiger partial charge in [0.2, 0.25) is 15.1 Å². The van der Waals surface area contributed by atoms with Crippen LogP contribution in [-0.4, -0.2) is 28.6 Å². The van der Waals surface area contributed by atoms with Crippen LogP contribution in [0.25, 0.3) is 0 Å². The lowest BCUT2D eigenvalue weighted by atomic mass is 10.4. The van der Waals surface area contributed by atoms with E-state index in [1.54, 1.807) is 12.1 Å². The van der Waals surface area contributed by atoms with E-state index >= 15 is 0 Å². The molecule has 110 valence electrons. The maximum Gasteiger partial charge on any atom is 0.224 e. The van der Waals surface area contributed by atoms with Gasteiger partial charge >= 0.3 is 0 Å². The standard InChI is InChI=1S/C12H10Cl2N4O2S/c13-8-6-16-12(14)18-10(8)17-9-2-1-5-15-11(9)21(19,20)7-3-4-7/h1-2,5-7H,3-4H2,(H,16,17,18). The fraction of sp³-hybridized carbons (Fsp3) is 0.250. The van der Waals surface area contributed by atoms with Crippen molar-refractivity contribution in [1.29, 1.82) is 0 Å². The SMILES string of the molecule is O=S(=O)(c1ncccc1Nc1nc(Cl)ncc1Cl)C1CC1. The van der Waals surface area contributed by atoms with E-state index in [-0.39, 0.29) is 26.4 Å². The molecule has 2 heterocycles. The summed E-state index contributed by atoms with van der Waals surface area (Å²) in [7, 11) is -3.43. The first-order valence-electron chi connectivity index (χ1n) is 6.12. The van der Waals surface area contributed by atoms with Crippen LogP contribution in [0.15, 0.2) is 29.6 Å². The van der Waals surface area contributed by atoms with Crippen LogP contribution in [0, 0.1) is 0 Å². The zero-order chi connectivity index (χ0) is 15.0. The Morgan fingerprint density at radius 2 is 2.00 bits per heavy atom. The number of sulfone groups is 1. The molecule has 0 amide bonds. The summed E-state index contributed by atoms with van der Waals surface area (Å²) in [5.41, 5.74) is 0.320. The van der Waals surface area contributed by atoms with Gasteiger partial charge in [-0.3, -0.25) is 0 Å². The topological polar surface area (TPSA) is 84.8 Å². The Morgan fingerprint density at radius 3 is 2.71 bits per heavy atom. The third-order valence-corrected chi connectivity index (χ3v) is 5.64. The molecule has 2 aromatic heterocycles. The molecule has 0 saturated heterocycles. The third kappa shape index (κ3) is 2.95. The van der Waals surface area contributed by atoms with E-state index in [4.69, 9.17) is 23.2 Å². The minimum atomic E-state index is -3.43. The Labute approximate surface area is 131 Å². The van der Waals surface area contributed by atoms with Crippen molar-refractivity contribution in [2.45, 2.75) is 23.1 Å². The van der Waals surface area contributed by atoms with E-state index in [1.165, 1.54) is 12.4 Å². The maximum absolute atomic E-state index is 12.4. The van der Waals surface area contributed by atoms with E-state index in [2.05, 4.69) is 20.3 Å². The lowest BCUT2D eigenvalue weighted by molar-refractivity contribution is 0.591. The molecule has 1 aliphatic carbocycles. The fourth-order valence-electron chi connectivity index (χ4n) is 1.81. The second-order valence-corrected chi connectivity index (χ2v) is 7.45. The summed E-state index contributed by atoms with van der Waals surface area (Å²) in [6, 6.07) is 3.24. The smallest absolute Gasteiger partial charge is 0.224 e. The highest BCUT2D eigenvalue weighted by Crippen LogP contribution is 2.36. The van der Waals surface area contributed by atoms with Crippen molar-refractivity contribution in [3.63, 3.8) is 0 Å². The number of halogens is 2. The summed E-state index contributed by atoms with van der Waals surface area (Å²) in [4.78, 5) is 11.7. The molecule has 2 aromatic rings. The van der Waals surface area contributed by atoms with Crippen LogP contribution >= 0.6 is 23.2 Å². The van der Waals surface area contributed by atoms with Crippen molar-refractivity contribution in [2.24, 2.45) is 0 Å². The minimum absolute atomic E-state index is 0.00157. The summed E-state index contributed by atoms with van der Waals surface area (Å²) < 4.78 is 24.7. The van der Waals surface area contributed by atoms with Crippen LogP contribution in [0.3, 0.4) is 0 Å². The number of anilines is 2. The first kappa shape index (κ1) is 14.5. The number of pyridine rings is 1. The number of rotatable bonds is 4. The van der Waals surface area contributed by atoms with Gasteiger partial charge in [0, 0.05) is 6.20 Å². The number of hydrogen-bond acceptors (Lipinski definition) is 6. The molecule has 0 spiro atoms. The number of nitrogens with one attached hydrogen (secondary N) is 1. The zero-order valence-electron chi connectivity index (χ0n) is 10.6. The van der Waals surface area contributed by atoms with Crippen molar-refractivity contribution in [3.8, 4) is 0 Å². The maximum atomic E-state index is 12.4. The lowest BCUT2D eigenvalue weighted by Gasteiger charge is -2.11. The van der Waals surface area contributed by atoms with Gasteiger partial charge in [-0.05, 0) is 36.6 Å². The summed E-state index contributed by atoms with van der Waals surface area (Å²) in [6.45, 7) is 0. The monoisotopic (exact) mass is 344 g/mol. The predicted molar refractivity (Wildman–Crippen MR) is 79.8 cm³/mol. The Bertz CT molecular complexity index is 794. The molecule has 1 N–H and O–H groups in total. The van der Waals surface area contributed by atoms with E-state index in [0.717, 1.165) is 0 Å². The fourth-order valence-corrected chi connectivity index (χ4v) is 3.79. The Morgan fingerprint density at radius 1 is 1.24 bits per heavy atom. The molecule has 9 heteroatoms. The van der Waals surface area contributed by atoms with Crippen molar-refractivity contribution in [3.05, 3.63) is 34.8 Å². The minimum Gasteiger partial charge on any atom is -0.336 e. The molecule has 1 aliphatic rings. The van der Waals surface area contributed by atoms with Gasteiger partial charge < -0.3 is 5.32 Å². The zero-order valence-corrected chi connectivity index (χ0v) is 13.0. The number of nitrogens with zero attached hydrogens (tertiary/aromatic N) is 3. The first-order valence-corrected chi connectivity index (χ1v) is 8.42. The molecule has 0 aromatic carbocycles. The van der Waals surface area contributed by atoms with Gasteiger partial charge in [-0.15, -0.1) is 0 Å². The van der Waals surface area contributed by atoms with Gasteiger partial charge in [-0.1, -0.05) is 11.6 Å². The number of aromatic nitrogens is 3. The van der Waals surface area contributed by atoms with E-state index in [0.29, 0.717) is 18.5 Å². The molecular weight excluding hydrogens is 335 g/mol. The molecule has 1 fully saturated rings. The van der Waals surface area contributed by atoms with Gasteiger partial charge in [-0.25, -0.2) is 18.4 Å². The van der Waals surface area contributed by atoms with Crippen LogP contribution in [0.4, 0.5) is 11.5 Å². The number of hydrogen-bond donors (Lipinski definition) is 1. The molecule has 1 saturated carbocycles. The van der Waals surface area contributed by atoms with Crippen LogP contribution < -0.4 is 5.32 Å². The highest BCUT2D eigenvalue weighted by molar-refractivity contribution is 7.92. The van der Waals surface area contributed by atoms with Gasteiger partial charge in [0.05, 0.1) is 17.1 Å². The Balaban J connectivity index is 2.02. The highest BCUT2D eigenvalue weighted by atomic mass is 35.5. The molecule has 0 radical (unpaired) electrons. The van der Waals surface area contributed by atoms with E-state index in [9.17, 15) is 8.42 Å². The predicted octanol–water partition coefficient (Wildman–Crippen LogP) is 2.86. The molecule has 0 bridgehead atoms. The second kappa shape index (κ2) is 5.40. The van der Waals surface area contributed by atoms with Gasteiger partial charge in [0.15, 0.2) is 10.8 Å². The largest absolute Gasteiger partial charge is 0.336 e. The molecular formula is C12H10Cl2N4O2S. The molecule has 21 heavy (non-hydrogen) atoms. The summed E-state index contributed by atoms with van der Waals surface area (Å²) in [5, 5.41) is 2.76. The molecule has 0 atom stereocenters. The summed E-state index contributed by atoms with van der Waals surface area (Å²) in [5.74, 6) is 0.233. The molecule has 0 unspecified atom stereocenters. The second-order valence-electron chi connectivity index (χ2n) is 4.56. The van der Waals surface area contributed by atoms with Crippen molar-refractivity contribution in [1.82, 2.24) is 15.0 Å². The van der Waals surface area contributed by atoms with Crippen molar-refractivity contribution < 1.29 is 8.42 Å². The highest BCUT2D eigenvalue weighted by Gasteiger charge is 2.39. The Hall–Kier alpha value is -1.44. The normalized spacial score (nSPS) is 15.0. The Kier molecular flexibility index (Phi) is 3.73. The van der Waals surface area contributed by atoms with Crippen molar-refractivity contribution >= 4 is 44.5 Å². The van der Waals surface area contributed by atoms with Gasteiger partial charge in [0.1, 0.15) is 5.02 Å².